The van der Waals surface area contributed by atoms with Crippen LogP contribution in [-0.2, 0) is 10.0 Å². The minimum absolute atomic E-state index is 0.170. The molecular weight excluding hydrogens is 390 g/mol. The van der Waals surface area contributed by atoms with Crippen LogP contribution < -0.4 is 0 Å². The van der Waals surface area contributed by atoms with Gasteiger partial charge in [0.15, 0.2) is 0 Å². The largest absolute Gasteiger partial charge is 0.283 e. The molecule has 0 aliphatic carbocycles. The number of carbonyl (C=O) groups excluding carboxylic acids is 2. The van der Waals surface area contributed by atoms with Crippen molar-refractivity contribution in [3.63, 3.8) is 0 Å². The molecule has 2 aromatic rings. The Balaban J connectivity index is 1.43. The summed E-state index contributed by atoms with van der Waals surface area (Å²) in [5.74, 6) is -0.591. The molecule has 2 amide bonds. The zero-order chi connectivity index (χ0) is 20.8. The topological polar surface area (TPSA) is 78.0 Å². The fourth-order valence-corrected chi connectivity index (χ4v) is 5.53. The van der Waals surface area contributed by atoms with Gasteiger partial charge in [0.25, 0.3) is 11.8 Å². The fourth-order valence-electron chi connectivity index (χ4n) is 3.91. The normalized spacial score (nSPS) is 18.3. The Hall–Kier alpha value is -2.55. The van der Waals surface area contributed by atoms with E-state index >= 15 is 0 Å². The molecule has 152 valence electrons. The van der Waals surface area contributed by atoms with Crippen LogP contribution in [0.3, 0.4) is 0 Å². The minimum Gasteiger partial charge on any atom is -0.283 e. The SMILES string of the molecule is Cc1ccc(S(=O)(=O)N2CCN(CN3C(=O)c4ccccc4C3=O)CC2)c(C)c1. The van der Waals surface area contributed by atoms with Crippen LogP contribution >= 0.6 is 0 Å². The van der Waals surface area contributed by atoms with Crippen molar-refractivity contribution < 1.29 is 18.0 Å². The Labute approximate surface area is 170 Å². The van der Waals surface area contributed by atoms with E-state index in [2.05, 4.69) is 0 Å². The van der Waals surface area contributed by atoms with E-state index in [1.165, 1.54) is 9.21 Å². The van der Waals surface area contributed by atoms with E-state index in [0.29, 0.717) is 42.2 Å². The molecule has 4 rings (SSSR count). The number of fused-ring (bicyclic) bond motifs is 1. The molecule has 2 aliphatic heterocycles. The van der Waals surface area contributed by atoms with E-state index in [1.54, 1.807) is 43.3 Å². The summed E-state index contributed by atoms with van der Waals surface area (Å²) < 4.78 is 27.5. The van der Waals surface area contributed by atoms with Crippen LogP contribution in [0, 0.1) is 13.8 Å². The average molecular weight is 413 g/mol. The molecule has 0 saturated carbocycles. The Bertz CT molecular complexity index is 1050. The standard InChI is InChI=1S/C21H23N3O4S/c1-15-7-8-19(16(2)13-15)29(27,28)23-11-9-22(10-12-23)14-24-20(25)17-5-3-4-6-18(17)21(24)26/h3-8,13H,9-12,14H2,1-2H3. The molecule has 2 aromatic carbocycles. The van der Waals surface area contributed by atoms with Gasteiger partial charge in [0.1, 0.15) is 0 Å². The molecule has 0 radical (unpaired) electrons. The molecule has 8 heteroatoms. The molecule has 0 bridgehead atoms. The molecule has 2 heterocycles. The van der Waals surface area contributed by atoms with E-state index in [9.17, 15) is 18.0 Å². The maximum Gasteiger partial charge on any atom is 0.262 e. The third kappa shape index (κ3) is 3.48. The second kappa shape index (κ2) is 7.37. The number of hydrogen-bond acceptors (Lipinski definition) is 5. The van der Waals surface area contributed by atoms with Gasteiger partial charge in [-0.05, 0) is 37.6 Å². The zero-order valence-electron chi connectivity index (χ0n) is 16.5. The second-order valence-electron chi connectivity index (χ2n) is 7.52. The van der Waals surface area contributed by atoms with E-state index in [0.717, 1.165) is 11.1 Å². The Kier molecular flexibility index (Phi) is 5.02. The van der Waals surface area contributed by atoms with Gasteiger partial charge < -0.3 is 0 Å². The first kappa shape index (κ1) is 19.8. The van der Waals surface area contributed by atoms with E-state index < -0.39 is 10.0 Å². The Morgan fingerprint density at radius 1 is 0.862 bits per heavy atom. The molecule has 0 aromatic heterocycles. The van der Waals surface area contributed by atoms with Crippen LogP contribution in [0.4, 0.5) is 0 Å². The minimum atomic E-state index is -3.57. The van der Waals surface area contributed by atoms with Gasteiger partial charge in [0, 0.05) is 26.2 Å². The molecule has 2 aliphatic rings. The molecule has 1 saturated heterocycles. The van der Waals surface area contributed by atoms with Gasteiger partial charge in [-0.25, -0.2) is 8.42 Å². The highest BCUT2D eigenvalue weighted by Crippen LogP contribution is 2.25. The highest BCUT2D eigenvalue weighted by Gasteiger charge is 2.37. The number of amides is 2. The van der Waals surface area contributed by atoms with E-state index in [1.807, 2.05) is 17.9 Å². The Morgan fingerprint density at radius 2 is 1.45 bits per heavy atom. The molecule has 0 N–H and O–H groups in total. The summed E-state index contributed by atoms with van der Waals surface area (Å²) in [7, 11) is -3.57. The van der Waals surface area contributed by atoms with Crippen LogP contribution in [-0.4, -0.2) is 67.2 Å². The summed E-state index contributed by atoms with van der Waals surface area (Å²) in [5, 5.41) is 0. The molecule has 29 heavy (non-hydrogen) atoms. The van der Waals surface area contributed by atoms with Crippen LogP contribution in [0.1, 0.15) is 31.8 Å². The number of carbonyl (C=O) groups is 2. The summed E-state index contributed by atoms with van der Waals surface area (Å²) in [6.45, 7) is 5.45. The van der Waals surface area contributed by atoms with Gasteiger partial charge in [-0.1, -0.05) is 29.8 Å². The molecule has 7 nitrogen and oxygen atoms in total. The highest BCUT2D eigenvalue weighted by atomic mass is 32.2. The zero-order valence-corrected chi connectivity index (χ0v) is 17.3. The van der Waals surface area contributed by atoms with Crippen LogP contribution in [0.2, 0.25) is 0 Å². The van der Waals surface area contributed by atoms with Crippen molar-refractivity contribution in [1.82, 2.24) is 14.1 Å². The predicted octanol–water partition coefficient (Wildman–Crippen LogP) is 1.86. The highest BCUT2D eigenvalue weighted by molar-refractivity contribution is 7.89. The number of hydrogen-bond donors (Lipinski definition) is 0. The van der Waals surface area contributed by atoms with Crippen molar-refractivity contribution in [3.8, 4) is 0 Å². The second-order valence-corrected chi connectivity index (χ2v) is 9.42. The molecule has 1 fully saturated rings. The van der Waals surface area contributed by atoms with Crippen molar-refractivity contribution >= 4 is 21.8 Å². The first-order valence-electron chi connectivity index (χ1n) is 9.54. The summed E-state index contributed by atoms with van der Waals surface area (Å²) in [5.41, 5.74) is 2.60. The quantitative estimate of drug-likeness (QED) is 0.715. The smallest absolute Gasteiger partial charge is 0.262 e. The summed E-state index contributed by atoms with van der Waals surface area (Å²) in [4.78, 5) is 28.6. The lowest BCUT2D eigenvalue weighted by atomic mass is 10.1. The number of piperazine rings is 1. The van der Waals surface area contributed by atoms with Gasteiger partial charge >= 0.3 is 0 Å². The van der Waals surface area contributed by atoms with Gasteiger partial charge in [0.05, 0.1) is 22.7 Å². The lowest BCUT2D eigenvalue weighted by molar-refractivity contribution is 0.0500. The monoisotopic (exact) mass is 413 g/mol. The van der Waals surface area contributed by atoms with E-state index in [-0.39, 0.29) is 18.5 Å². The first-order chi connectivity index (χ1) is 13.8. The van der Waals surface area contributed by atoms with Crippen molar-refractivity contribution in [2.45, 2.75) is 18.7 Å². The third-order valence-corrected chi connectivity index (χ3v) is 7.56. The Morgan fingerprint density at radius 3 is 2.00 bits per heavy atom. The maximum atomic E-state index is 13.0. The summed E-state index contributed by atoms with van der Waals surface area (Å²) in [6, 6.07) is 12.1. The van der Waals surface area contributed by atoms with E-state index in [4.69, 9.17) is 0 Å². The van der Waals surface area contributed by atoms with Crippen molar-refractivity contribution in [2.24, 2.45) is 0 Å². The van der Waals surface area contributed by atoms with Crippen LogP contribution in [0.5, 0.6) is 0 Å². The number of nitrogens with zero attached hydrogens (tertiary/aromatic N) is 3. The predicted molar refractivity (Wildman–Crippen MR) is 108 cm³/mol. The third-order valence-electron chi connectivity index (χ3n) is 5.50. The summed E-state index contributed by atoms with van der Waals surface area (Å²) >= 11 is 0. The molecule has 0 atom stereocenters. The number of rotatable bonds is 4. The van der Waals surface area contributed by atoms with Crippen molar-refractivity contribution in [1.29, 1.82) is 0 Å². The molecule has 0 spiro atoms. The van der Waals surface area contributed by atoms with Crippen LogP contribution in [0.15, 0.2) is 47.4 Å². The van der Waals surface area contributed by atoms with Crippen molar-refractivity contribution in [2.75, 3.05) is 32.8 Å². The fraction of sp³-hybridized carbons (Fsp3) is 0.333. The number of aryl methyl sites for hydroxylation is 2. The first-order valence-corrected chi connectivity index (χ1v) is 11.0. The lowest BCUT2D eigenvalue weighted by Crippen LogP contribution is -2.52. The average Bonchev–Trinajstić information content (AvgIpc) is 2.93. The summed E-state index contributed by atoms with van der Waals surface area (Å²) in [6.07, 6.45) is 0. The van der Waals surface area contributed by atoms with Gasteiger partial charge in [-0.3, -0.25) is 19.4 Å². The number of imide groups is 1. The van der Waals surface area contributed by atoms with Gasteiger partial charge in [-0.2, -0.15) is 4.31 Å². The lowest BCUT2D eigenvalue weighted by Gasteiger charge is -2.35. The number of sulfonamides is 1. The van der Waals surface area contributed by atoms with Gasteiger partial charge in [0.2, 0.25) is 10.0 Å². The number of benzene rings is 2. The molecular formula is C21H23N3O4S. The van der Waals surface area contributed by atoms with Gasteiger partial charge in [-0.15, -0.1) is 0 Å². The molecule has 0 unspecified atom stereocenters. The van der Waals surface area contributed by atoms with Crippen LogP contribution in [0.25, 0.3) is 0 Å². The maximum absolute atomic E-state index is 13.0. The van der Waals surface area contributed by atoms with Crippen molar-refractivity contribution in [3.05, 3.63) is 64.7 Å².